The summed E-state index contributed by atoms with van der Waals surface area (Å²) in [6.07, 6.45) is 3.33. The molecule has 100 valence electrons. The maximum atomic E-state index is 12.1. The summed E-state index contributed by atoms with van der Waals surface area (Å²) < 4.78 is 0.365. The van der Waals surface area contributed by atoms with Crippen molar-refractivity contribution < 1.29 is 4.79 Å². The van der Waals surface area contributed by atoms with Gasteiger partial charge < -0.3 is 15.6 Å². The summed E-state index contributed by atoms with van der Waals surface area (Å²) in [7, 11) is 0. The van der Waals surface area contributed by atoms with Gasteiger partial charge in [-0.3, -0.25) is 9.59 Å². The molecule has 5 nitrogen and oxygen atoms in total. The molecule has 2 rings (SSSR count). The number of carbonyl (C=O) groups is 1. The predicted molar refractivity (Wildman–Crippen MR) is 75.1 cm³/mol. The van der Waals surface area contributed by atoms with E-state index in [4.69, 9.17) is 5.73 Å². The van der Waals surface area contributed by atoms with Gasteiger partial charge in [0, 0.05) is 25.3 Å². The van der Waals surface area contributed by atoms with E-state index in [1.807, 2.05) is 0 Å². The van der Waals surface area contributed by atoms with Crippen LogP contribution < -0.4 is 11.3 Å². The number of H-pyrrole nitrogens is 1. The molecular weight excluding hydrogens is 321 g/mol. The lowest BCUT2D eigenvalue weighted by Gasteiger charge is -2.30. The van der Waals surface area contributed by atoms with Gasteiger partial charge in [0.1, 0.15) is 0 Å². The van der Waals surface area contributed by atoms with E-state index in [2.05, 4.69) is 20.9 Å². The van der Waals surface area contributed by atoms with Crippen molar-refractivity contribution in [2.45, 2.75) is 18.9 Å². The summed E-state index contributed by atoms with van der Waals surface area (Å²) >= 11 is 3.11. The van der Waals surface area contributed by atoms with E-state index in [0.29, 0.717) is 16.6 Å². The zero-order chi connectivity index (χ0) is 12.4. The van der Waals surface area contributed by atoms with Crippen molar-refractivity contribution >= 4 is 34.2 Å². The number of nitrogens with one attached hydrogen (secondary N) is 1. The third-order valence-corrected chi connectivity index (χ3v) is 3.44. The Bertz CT molecular complexity index is 491. The average molecular weight is 337 g/mol. The predicted octanol–water partition coefficient (Wildman–Crippen LogP) is 1.12. The van der Waals surface area contributed by atoms with Gasteiger partial charge in [0.05, 0.1) is 10.0 Å². The third kappa shape index (κ3) is 3.34. The van der Waals surface area contributed by atoms with Crippen LogP contribution >= 0.6 is 28.3 Å². The first-order valence-electron chi connectivity index (χ1n) is 5.51. The lowest BCUT2D eigenvalue weighted by molar-refractivity contribution is 0.0708. The summed E-state index contributed by atoms with van der Waals surface area (Å²) in [6.45, 7) is 1.30. The first-order chi connectivity index (χ1) is 8.08. The molecule has 7 heteroatoms. The molecule has 1 aromatic heterocycles. The molecule has 0 radical (unpaired) electrons. The van der Waals surface area contributed by atoms with Crippen molar-refractivity contribution in [3.05, 3.63) is 32.7 Å². The van der Waals surface area contributed by atoms with Gasteiger partial charge in [-0.1, -0.05) is 0 Å². The molecule has 1 aromatic rings. The number of pyridine rings is 1. The topological polar surface area (TPSA) is 79.2 Å². The molecule has 0 bridgehead atoms. The Labute approximate surface area is 119 Å². The Hall–Kier alpha value is -0.850. The minimum absolute atomic E-state index is 0. The number of nitrogens with two attached hydrogens (primary N) is 1. The molecule has 2 heterocycles. The fraction of sp³-hybridized carbons (Fsp3) is 0.455. The van der Waals surface area contributed by atoms with E-state index in [1.54, 1.807) is 11.0 Å². The molecule has 1 saturated heterocycles. The SMILES string of the molecule is Cl.NC1CCCN(C(=O)c2c[nH]c(=O)c(Br)c2)C1. The minimum atomic E-state index is -0.239. The van der Waals surface area contributed by atoms with E-state index in [1.165, 1.54) is 6.20 Å². The second kappa shape index (κ2) is 6.36. The van der Waals surface area contributed by atoms with Crippen molar-refractivity contribution in [2.75, 3.05) is 13.1 Å². The van der Waals surface area contributed by atoms with Gasteiger partial charge in [-0.25, -0.2) is 0 Å². The van der Waals surface area contributed by atoms with E-state index in [-0.39, 0.29) is 29.9 Å². The highest BCUT2D eigenvalue weighted by Gasteiger charge is 2.22. The molecule has 1 atom stereocenters. The second-order valence-corrected chi connectivity index (χ2v) is 5.07. The van der Waals surface area contributed by atoms with Gasteiger partial charge in [0.2, 0.25) is 0 Å². The van der Waals surface area contributed by atoms with Crippen LogP contribution in [0.1, 0.15) is 23.2 Å². The van der Waals surface area contributed by atoms with Gasteiger partial charge >= 0.3 is 0 Å². The average Bonchev–Trinajstić information content (AvgIpc) is 2.32. The number of hydrogen-bond acceptors (Lipinski definition) is 3. The normalized spacial score (nSPS) is 19.2. The van der Waals surface area contributed by atoms with Crippen molar-refractivity contribution in [2.24, 2.45) is 5.73 Å². The summed E-state index contributed by atoms with van der Waals surface area (Å²) in [4.78, 5) is 27.6. The molecule has 1 fully saturated rings. The highest BCUT2D eigenvalue weighted by Crippen LogP contribution is 2.13. The Balaban J connectivity index is 0.00000162. The van der Waals surface area contributed by atoms with E-state index >= 15 is 0 Å². The number of nitrogens with zero attached hydrogens (tertiary/aromatic N) is 1. The Kier molecular flexibility index (Phi) is 5.37. The van der Waals surface area contributed by atoms with Crippen LogP contribution in [-0.2, 0) is 0 Å². The zero-order valence-electron chi connectivity index (χ0n) is 9.69. The lowest BCUT2D eigenvalue weighted by Crippen LogP contribution is -2.45. The van der Waals surface area contributed by atoms with Crippen LogP contribution in [0, 0.1) is 0 Å². The van der Waals surface area contributed by atoms with Gasteiger partial charge in [-0.05, 0) is 34.8 Å². The lowest BCUT2D eigenvalue weighted by atomic mass is 10.1. The molecule has 0 spiro atoms. The molecule has 0 aliphatic carbocycles. The van der Waals surface area contributed by atoms with E-state index < -0.39 is 0 Å². The van der Waals surface area contributed by atoms with Crippen molar-refractivity contribution in [1.29, 1.82) is 0 Å². The smallest absolute Gasteiger partial charge is 0.262 e. The number of piperidine rings is 1. The van der Waals surface area contributed by atoms with Crippen LogP contribution in [-0.4, -0.2) is 34.9 Å². The summed E-state index contributed by atoms with van der Waals surface area (Å²) in [6, 6.07) is 1.60. The largest absolute Gasteiger partial charge is 0.337 e. The van der Waals surface area contributed by atoms with Gasteiger partial charge in [-0.2, -0.15) is 0 Å². The first-order valence-corrected chi connectivity index (χ1v) is 6.30. The van der Waals surface area contributed by atoms with Gasteiger partial charge in [0.25, 0.3) is 11.5 Å². The quantitative estimate of drug-likeness (QED) is 0.806. The molecule has 3 N–H and O–H groups in total. The third-order valence-electron chi connectivity index (χ3n) is 2.85. The molecule has 0 saturated carbocycles. The number of carbonyl (C=O) groups excluding carboxylic acids is 1. The highest BCUT2D eigenvalue weighted by atomic mass is 79.9. The number of rotatable bonds is 1. The van der Waals surface area contributed by atoms with Crippen LogP contribution in [0.5, 0.6) is 0 Å². The number of aromatic nitrogens is 1. The maximum Gasteiger partial charge on any atom is 0.262 e. The molecule has 1 amide bonds. The van der Waals surface area contributed by atoms with Crippen molar-refractivity contribution in [3.63, 3.8) is 0 Å². The van der Waals surface area contributed by atoms with Crippen LogP contribution in [0.2, 0.25) is 0 Å². The highest BCUT2D eigenvalue weighted by molar-refractivity contribution is 9.10. The standard InChI is InChI=1S/C11H14BrN3O2.ClH/c12-9-4-7(5-14-10(9)16)11(17)15-3-1-2-8(13)6-15;/h4-5,8H,1-3,6,13H2,(H,14,16);1H. The molecule has 1 unspecified atom stereocenters. The molecular formula is C11H15BrClN3O2. The molecule has 1 aliphatic rings. The minimum Gasteiger partial charge on any atom is -0.337 e. The van der Waals surface area contributed by atoms with Crippen LogP contribution in [0.25, 0.3) is 0 Å². The van der Waals surface area contributed by atoms with Crippen LogP contribution in [0.3, 0.4) is 0 Å². The Morgan fingerprint density at radius 3 is 2.89 bits per heavy atom. The number of likely N-dealkylation sites (tertiary alicyclic amines) is 1. The van der Waals surface area contributed by atoms with Gasteiger partial charge in [0.15, 0.2) is 0 Å². The fourth-order valence-electron chi connectivity index (χ4n) is 1.96. The zero-order valence-corrected chi connectivity index (χ0v) is 12.1. The number of hydrogen-bond donors (Lipinski definition) is 2. The molecule has 0 aromatic carbocycles. The van der Waals surface area contributed by atoms with Crippen molar-refractivity contribution in [3.8, 4) is 0 Å². The Morgan fingerprint density at radius 2 is 2.28 bits per heavy atom. The summed E-state index contributed by atoms with van der Waals surface area (Å²) in [5.41, 5.74) is 6.07. The molecule has 18 heavy (non-hydrogen) atoms. The number of halogens is 2. The summed E-state index contributed by atoms with van der Waals surface area (Å²) in [5.74, 6) is -0.0860. The fourth-order valence-corrected chi connectivity index (χ4v) is 2.32. The van der Waals surface area contributed by atoms with E-state index in [0.717, 1.165) is 19.4 Å². The first kappa shape index (κ1) is 15.2. The number of amides is 1. The monoisotopic (exact) mass is 335 g/mol. The summed E-state index contributed by atoms with van der Waals surface area (Å²) in [5, 5.41) is 0. The number of aromatic amines is 1. The molecule has 1 aliphatic heterocycles. The van der Waals surface area contributed by atoms with E-state index in [9.17, 15) is 9.59 Å². The second-order valence-electron chi connectivity index (χ2n) is 4.22. The van der Waals surface area contributed by atoms with Crippen LogP contribution in [0.15, 0.2) is 21.5 Å². The Morgan fingerprint density at radius 1 is 1.56 bits per heavy atom. The van der Waals surface area contributed by atoms with Crippen LogP contribution in [0.4, 0.5) is 0 Å². The maximum absolute atomic E-state index is 12.1. The van der Waals surface area contributed by atoms with Crippen molar-refractivity contribution in [1.82, 2.24) is 9.88 Å². The van der Waals surface area contributed by atoms with Gasteiger partial charge in [-0.15, -0.1) is 12.4 Å².